The molecule has 2 amide bonds. The van der Waals surface area contributed by atoms with Gasteiger partial charge in [0.1, 0.15) is 30.0 Å². The van der Waals surface area contributed by atoms with E-state index in [4.69, 9.17) is 9.47 Å². The van der Waals surface area contributed by atoms with Gasteiger partial charge in [-0.05, 0) is 35.8 Å². The molecule has 0 unspecified atom stereocenters. The number of nitro groups is 1. The predicted molar refractivity (Wildman–Crippen MR) is 137 cm³/mol. The molecule has 2 aromatic carbocycles. The van der Waals surface area contributed by atoms with E-state index in [0.717, 1.165) is 16.0 Å². The number of nitrogens with zero attached hydrogens (tertiary/aromatic N) is 3. The van der Waals surface area contributed by atoms with Crippen LogP contribution in [-0.2, 0) is 22.5 Å². The summed E-state index contributed by atoms with van der Waals surface area (Å²) in [5, 5.41) is 23.6. The molecule has 0 atom stereocenters. The van der Waals surface area contributed by atoms with Crippen LogP contribution in [-0.4, -0.2) is 41.6 Å². The van der Waals surface area contributed by atoms with Gasteiger partial charge < -0.3 is 19.7 Å². The summed E-state index contributed by atoms with van der Waals surface area (Å²) in [6.07, 6.45) is 3.07. The first-order chi connectivity index (χ1) is 17.9. The Balaban J connectivity index is 1.29. The fourth-order valence-corrected chi connectivity index (χ4v) is 4.92. The first-order valence-corrected chi connectivity index (χ1v) is 12.1. The second kappa shape index (κ2) is 11.8. The molecule has 188 valence electrons. The summed E-state index contributed by atoms with van der Waals surface area (Å²) in [7, 11) is 0. The topological polar surface area (TPSA) is 135 Å². The molecule has 11 heteroatoms. The molecule has 0 aliphatic carbocycles. The number of rotatable bonds is 8. The predicted octanol–water partition coefficient (Wildman–Crippen LogP) is 4.75. The molecule has 0 radical (unpaired) electrons. The number of carbonyl (C=O) groups is 2. The molecule has 1 aliphatic heterocycles. The number of amides is 2. The monoisotopic (exact) mass is 518 g/mol. The highest BCUT2D eigenvalue weighted by Gasteiger charge is 2.28. The van der Waals surface area contributed by atoms with Crippen molar-refractivity contribution in [3.8, 4) is 11.8 Å². The summed E-state index contributed by atoms with van der Waals surface area (Å²) in [4.78, 5) is 37.5. The maximum Gasteiger partial charge on any atom is 0.410 e. The molecule has 10 nitrogen and oxygen atoms in total. The first kappa shape index (κ1) is 25.4. The van der Waals surface area contributed by atoms with Crippen LogP contribution in [0.2, 0.25) is 0 Å². The van der Waals surface area contributed by atoms with Crippen molar-refractivity contribution in [2.24, 2.45) is 0 Å². The van der Waals surface area contributed by atoms with E-state index in [1.807, 2.05) is 30.3 Å². The van der Waals surface area contributed by atoms with Crippen molar-refractivity contribution in [3.05, 3.63) is 92.4 Å². The van der Waals surface area contributed by atoms with Gasteiger partial charge in [-0.25, -0.2) is 4.79 Å². The Morgan fingerprint density at radius 3 is 2.62 bits per heavy atom. The number of thiophene rings is 1. The largest absolute Gasteiger partial charge is 0.490 e. The minimum atomic E-state index is -0.513. The van der Waals surface area contributed by atoms with Gasteiger partial charge in [0.05, 0.1) is 17.0 Å². The zero-order valence-corrected chi connectivity index (χ0v) is 20.4. The molecule has 0 saturated carbocycles. The van der Waals surface area contributed by atoms with Crippen LogP contribution in [0.25, 0.3) is 6.08 Å². The maximum absolute atomic E-state index is 12.5. The normalized spacial score (nSPS) is 12.5. The molecule has 4 rings (SSSR count). The van der Waals surface area contributed by atoms with Crippen LogP contribution in [0.4, 0.5) is 15.5 Å². The van der Waals surface area contributed by atoms with E-state index in [1.165, 1.54) is 46.6 Å². The van der Waals surface area contributed by atoms with Crippen LogP contribution in [0.5, 0.6) is 5.75 Å². The van der Waals surface area contributed by atoms with Crippen LogP contribution < -0.4 is 10.1 Å². The van der Waals surface area contributed by atoms with Gasteiger partial charge in [0, 0.05) is 29.6 Å². The first-order valence-electron chi connectivity index (χ1n) is 11.3. The summed E-state index contributed by atoms with van der Waals surface area (Å²) in [5.74, 6) is 0.0864. The number of ether oxygens (including phenoxy) is 2. The third kappa shape index (κ3) is 6.50. The molecular formula is C26H22N4O6S. The molecule has 37 heavy (non-hydrogen) atoms. The van der Waals surface area contributed by atoms with Crippen molar-refractivity contribution in [1.82, 2.24) is 4.90 Å². The molecule has 0 fully saturated rings. The number of anilines is 1. The van der Waals surface area contributed by atoms with Crippen LogP contribution in [0.15, 0.2) is 60.7 Å². The number of hydrogen-bond acceptors (Lipinski definition) is 8. The lowest BCUT2D eigenvalue weighted by atomic mass is 10.0. The molecule has 3 aromatic rings. The van der Waals surface area contributed by atoms with E-state index in [-0.39, 0.29) is 31.4 Å². The lowest BCUT2D eigenvalue weighted by molar-refractivity contribution is -0.384. The molecule has 1 aromatic heterocycles. The molecular weight excluding hydrogens is 496 g/mol. The van der Waals surface area contributed by atoms with Gasteiger partial charge in [-0.15, -0.1) is 11.3 Å². The number of hydrogen-bond donors (Lipinski definition) is 1. The zero-order chi connectivity index (χ0) is 26.2. The van der Waals surface area contributed by atoms with Gasteiger partial charge in [0.15, 0.2) is 0 Å². The average Bonchev–Trinajstić information content (AvgIpc) is 3.26. The van der Waals surface area contributed by atoms with Gasteiger partial charge in [-0.2, -0.15) is 5.26 Å². The van der Waals surface area contributed by atoms with Crippen molar-refractivity contribution in [3.63, 3.8) is 0 Å². The summed E-state index contributed by atoms with van der Waals surface area (Å²) in [5.41, 5.74) is 2.10. The highest BCUT2D eigenvalue weighted by atomic mass is 32.1. The highest BCUT2D eigenvalue weighted by molar-refractivity contribution is 7.16. The van der Waals surface area contributed by atoms with Crippen LogP contribution in [0.3, 0.4) is 0 Å². The lowest BCUT2D eigenvalue weighted by Gasteiger charge is -2.26. The fourth-order valence-electron chi connectivity index (χ4n) is 3.70. The van der Waals surface area contributed by atoms with E-state index in [0.29, 0.717) is 29.3 Å². The molecule has 0 bridgehead atoms. The quantitative estimate of drug-likeness (QED) is 0.197. The average molecular weight is 519 g/mol. The Morgan fingerprint density at radius 1 is 1.16 bits per heavy atom. The number of non-ortho nitro benzene ring substituents is 1. The van der Waals surface area contributed by atoms with Crippen molar-refractivity contribution in [2.75, 3.05) is 25.1 Å². The van der Waals surface area contributed by atoms with Crippen LogP contribution >= 0.6 is 11.3 Å². The molecule has 1 aliphatic rings. The summed E-state index contributed by atoms with van der Waals surface area (Å²) in [6, 6.07) is 17.2. The number of benzene rings is 2. The van der Waals surface area contributed by atoms with E-state index >= 15 is 0 Å². The van der Waals surface area contributed by atoms with E-state index in [2.05, 4.69) is 11.4 Å². The molecule has 2 heterocycles. The van der Waals surface area contributed by atoms with Gasteiger partial charge in [-0.1, -0.05) is 30.3 Å². The van der Waals surface area contributed by atoms with Crippen molar-refractivity contribution in [1.29, 1.82) is 5.26 Å². The second-order valence-corrected chi connectivity index (χ2v) is 9.04. The van der Waals surface area contributed by atoms with E-state index < -0.39 is 11.0 Å². The fraction of sp³-hybridized carbons (Fsp3) is 0.192. The zero-order valence-electron chi connectivity index (χ0n) is 19.6. The Bertz CT molecular complexity index is 1360. The SMILES string of the molecule is N#Cc1c(NC(=O)/C=C/c2ccccc2)sc2c1CCN(C(=O)OCCOc1ccc([N+](=O)[O-])cc1)C2. The molecule has 0 spiro atoms. The van der Waals surface area contributed by atoms with Gasteiger partial charge in [0.25, 0.3) is 5.69 Å². The Labute approximate surface area is 216 Å². The number of fused-ring (bicyclic) bond motifs is 1. The second-order valence-electron chi connectivity index (χ2n) is 7.94. The Kier molecular flexibility index (Phi) is 8.12. The Morgan fingerprint density at radius 2 is 1.92 bits per heavy atom. The van der Waals surface area contributed by atoms with E-state index in [9.17, 15) is 25.0 Å². The number of carbonyl (C=O) groups excluding carboxylic acids is 2. The van der Waals surface area contributed by atoms with Gasteiger partial charge >= 0.3 is 6.09 Å². The summed E-state index contributed by atoms with van der Waals surface area (Å²) in [6.45, 7) is 0.739. The van der Waals surface area contributed by atoms with Gasteiger partial charge in [-0.3, -0.25) is 14.9 Å². The van der Waals surface area contributed by atoms with Crippen molar-refractivity contribution < 1.29 is 24.0 Å². The highest BCUT2D eigenvalue weighted by Crippen LogP contribution is 2.36. The van der Waals surface area contributed by atoms with E-state index in [1.54, 1.807) is 6.08 Å². The number of nitrogens with one attached hydrogen (secondary N) is 1. The standard InChI is InChI=1S/C26H22N4O6S/c27-16-22-21-12-13-29(26(32)36-15-14-35-20-9-7-19(8-10-20)30(33)34)17-23(21)37-25(22)28-24(31)11-6-18-4-2-1-3-5-18/h1-11H,12-15,17H2,(H,28,31)/b11-6+. The minimum Gasteiger partial charge on any atom is -0.490 e. The van der Waals surface area contributed by atoms with Crippen molar-refractivity contribution in [2.45, 2.75) is 13.0 Å². The molecule has 0 saturated heterocycles. The summed E-state index contributed by atoms with van der Waals surface area (Å²) >= 11 is 1.28. The van der Waals surface area contributed by atoms with Crippen LogP contribution in [0.1, 0.15) is 21.6 Å². The van der Waals surface area contributed by atoms with Crippen LogP contribution in [0, 0.1) is 21.4 Å². The lowest BCUT2D eigenvalue weighted by Crippen LogP contribution is -2.36. The number of nitriles is 1. The third-order valence-corrected chi connectivity index (χ3v) is 6.65. The number of nitro benzene ring substituents is 1. The molecule has 1 N–H and O–H groups in total. The maximum atomic E-state index is 12.5. The summed E-state index contributed by atoms with van der Waals surface area (Å²) < 4.78 is 10.8. The Hall–Kier alpha value is -4.69. The van der Waals surface area contributed by atoms with Gasteiger partial charge in [0.2, 0.25) is 5.91 Å². The van der Waals surface area contributed by atoms with Crippen molar-refractivity contribution >= 4 is 40.1 Å². The minimum absolute atomic E-state index is 0.00210. The smallest absolute Gasteiger partial charge is 0.410 e. The third-order valence-electron chi connectivity index (χ3n) is 5.52.